The van der Waals surface area contributed by atoms with Gasteiger partial charge in [0.05, 0.1) is 17.3 Å². The highest BCUT2D eigenvalue weighted by Crippen LogP contribution is 2.31. The number of Topliss-reactive ketones (excluding diaryl/α,β-unsaturated/α-hetero) is 1. The lowest BCUT2D eigenvalue weighted by Gasteiger charge is -2.18. The first-order chi connectivity index (χ1) is 8.54. The highest BCUT2D eigenvalue weighted by atomic mass is 35.5. The summed E-state index contributed by atoms with van der Waals surface area (Å²) in [5.74, 6) is -0.939. The van der Waals surface area contributed by atoms with Crippen LogP contribution in [-0.2, 0) is 9.53 Å². The van der Waals surface area contributed by atoms with Crippen LogP contribution < -0.4 is 0 Å². The quantitative estimate of drug-likeness (QED) is 0.771. The summed E-state index contributed by atoms with van der Waals surface area (Å²) in [6.45, 7) is 3.79. The Morgan fingerprint density at radius 3 is 2.89 bits per heavy atom. The van der Waals surface area contributed by atoms with E-state index in [4.69, 9.17) is 16.3 Å². The van der Waals surface area contributed by atoms with Gasteiger partial charge in [-0.25, -0.2) is 9.78 Å². The number of nitrogens with zero attached hydrogens (tertiary/aromatic N) is 1. The van der Waals surface area contributed by atoms with Crippen molar-refractivity contribution in [3.63, 3.8) is 0 Å². The van der Waals surface area contributed by atoms with Crippen molar-refractivity contribution in [3.05, 3.63) is 34.1 Å². The van der Waals surface area contributed by atoms with Crippen molar-refractivity contribution in [2.75, 3.05) is 6.61 Å². The molecule has 0 aromatic carbocycles. The fourth-order valence-corrected chi connectivity index (χ4v) is 2.09. The fourth-order valence-electron chi connectivity index (χ4n) is 1.83. The summed E-state index contributed by atoms with van der Waals surface area (Å²) in [5, 5.41) is 0.142. The summed E-state index contributed by atoms with van der Waals surface area (Å²) in [5.41, 5.74) is 1.55. The maximum Gasteiger partial charge on any atom is 0.356 e. The number of ketones is 1. The minimum Gasteiger partial charge on any atom is -0.461 e. The Morgan fingerprint density at radius 1 is 1.50 bits per heavy atom. The number of carbonyl (C=O) groups is 2. The Labute approximate surface area is 110 Å². The van der Waals surface area contributed by atoms with Crippen molar-refractivity contribution in [2.45, 2.75) is 19.8 Å². The van der Waals surface area contributed by atoms with Crippen molar-refractivity contribution in [1.82, 2.24) is 4.98 Å². The van der Waals surface area contributed by atoms with Gasteiger partial charge < -0.3 is 4.74 Å². The zero-order valence-electron chi connectivity index (χ0n) is 10.1. The van der Waals surface area contributed by atoms with Crippen molar-refractivity contribution in [1.29, 1.82) is 0 Å². The first-order valence-electron chi connectivity index (χ1n) is 5.64. The van der Waals surface area contributed by atoms with Crippen LogP contribution in [-0.4, -0.2) is 23.3 Å². The Bertz CT molecular complexity index is 551. The van der Waals surface area contributed by atoms with E-state index in [0.29, 0.717) is 12.3 Å². The molecular weight excluding hydrogens is 254 g/mol. The predicted molar refractivity (Wildman–Crippen MR) is 67.4 cm³/mol. The Hall–Kier alpha value is -1.68. The first-order valence-corrected chi connectivity index (χ1v) is 6.02. The molecule has 0 N–H and O–H groups in total. The monoisotopic (exact) mass is 265 g/mol. The Balaban J connectivity index is 2.44. The van der Waals surface area contributed by atoms with E-state index in [2.05, 4.69) is 4.98 Å². The third kappa shape index (κ3) is 2.16. The van der Waals surface area contributed by atoms with Gasteiger partial charge in [0.1, 0.15) is 5.69 Å². The van der Waals surface area contributed by atoms with E-state index in [-0.39, 0.29) is 22.4 Å². The molecule has 1 atom stereocenters. The van der Waals surface area contributed by atoms with E-state index in [1.807, 2.05) is 0 Å². The van der Waals surface area contributed by atoms with Crippen molar-refractivity contribution >= 4 is 29.4 Å². The smallest absolute Gasteiger partial charge is 0.356 e. The van der Waals surface area contributed by atoms with Gasteiger partial charge in [-0.3, -0.25) is 4.79 Å². The molecule has 0 bridgehead atoms. The molecule has 5 heteroatoms. The molecule has 0 amide bonds. The number of hydrogen-bond acceptors (Lipinski definition) is 4. The molecule has 0 radical (unpaired) electrons. The molecule has 1 aliphatic carbocycles. The zero-order chi connectivity index (χ0) is 13.3. The molecule has 1 unspecified atom stereocenters. The van der Waals surface area contributed by atoms with E-state index < -0.39 is 5.97 Å². The molecule has 0 fully saturated rings. The lowest BCUT2D eigenvalue weighted by atomic mass is 9.90. The van der Waals surface area contributed by atoms with Gasteiger partial charge in [0.25, 0.3) is 0 Å². The van der Waals surface area contributed by atoms with E-state index in [9.17, 15) is 9.59 Å². The first kappa shape index (κ1) is 12.8. The van der Waals surface area contributed by atoms with Gasteiger partial charge in [-0.15, -0.1) is 0 Å². The van der Waals surface area contributed by atoms with E-state index in [1.165, 1.54) is 6.08 Å². The van der Waals surface area contributed by atoms with Gasteiger partial charge in [0.2, 0.25) is 0 Å². The molecule has 4 nitrogen and oxygen atoms in total. The maximum absolute atomic E-state index is 11.7. The van der Waals surface area contributed by atoms with Crippen LogP contribution in [0.25, 0.3) is 6.08 Å². The van der Waals surface area contributed by atoms with Crippen LogP contribution in [0.5, 0.6) is 0 Å². The molecule has 0 aliphatic heterocycles. The molecule has 0 saturated heterocycles. The van der Waals surface area contributed by atoms with Crippen molar-refractivity contribution in [3.8, 4) is 0 Å². The summed E-state index contributed by atoms with van der Waals surface area (Å²) in [6.07, 6.45) is 1.49. The van der Waals surface area contributed by atoms with Crippen molar-refractivity contribution < 1.29 is 14.3 Å². The topological polar surface area (TPSA) is 56.3 Å². The molecule has 18 heavy (non-hydrogen) atoms. The summed E-state index contributed by atoms with van der Waals surface area (Å²) in [4.78, 5) is 27.4. The third-order valence-electron chi connectivity index (χ3n) is 2.80. The molecule has 1 aromatic rings. The molecule has 0 saturated carbocycles. The van der Waals surface area contributed by atoms with Crippen molar-refractivity contribution in [2.24, 2.45) is 0 Å². The normalized spacial score (nSPS) is 18.1. The van der Waals surface area contributed by atoms with E-state index >= 15 is 0 Å². The van der Waals surface area contributed by atoms with Crippen LogP contribution in [0, 0.1) is 0 Å². The van der Waals surface area contributed by atoms with Gasteiger partial charge in [0.15, 0.2) is 5.78 Å². The standard InChI is InChI=1S/C13H12ClNO3/c1-3-18-13(17)10-5-4-8-7(2)12(16)9(14)6-11(8)15-10/h4-7H,3H2,1-2H3. The Kier molecular flexibility index (Phi) is 3.48. The number of halogens is 1. The summed E-state index contributed by atoms with van der Waals surface area (Å²) < 4.78 is 4.87. The number of pyridine rings is 1. The van der Waals surface area contributed by atoms with Crippen LogP contribution >= 0.6 is 11.6 Å². The number of rotatable bonds is 2. The molecule has 0 spiro atoms. The van der Waals surface area contributed by atoms with Gasteiger partial charge >= 0.3 is 5.97 Å². The summed E-state index contributed by atoms with van der Waals surface area (Å²) >= 11 is 5.84. The van der Waals surface area contributed by atoms with Gasteiger partial charge in [0, 0.05) is 5.92 Å². The summed E-state index contributed by atoms with van der Waals surface area (Å²) in [7, 11) is 0. The minimum atomic E-state index is -0.477. The van der Waals surface area contributed by atoms with Crippen LogP contribution in [0.3, 0.4) is 0 Å². The van der Waals surface area contributed by atoms with E-state index in [1.54, 1.807) is 26.0 Å². The lowest BCUT2D eigenvalue weighted by molar-refractivity contribution is -0.116. The number of hydrogen-bond donors (Lipinski definition) is 0. The van der Waals surface area contributed by atoms with E-state index in [0.717, 1.165) is 5.56 Å². The molecule has 1 heterocycles. The van der Waals surface area contributed by atoms with Gasteiger partial charge in [-0.1, -0.05) is 24.6 Å². The minimum absolute atomic E-state index is 0.130. The zero-order valence-corrected chi connectivity index (χ0v) is 10.8. The number of allylic oxidation sites excluding steroid dienone is 1. The number of ether oxygens (including phenoxy) is 1. The van der Waals surface area contributed by atoms with Crippen LogP contribution in [0.15, 0.2) is 17.2 Å². The van der Waals surface area contributed by atoms with Gasteiger partial charge in [-0.05, 0) is 24.6 Å². The number of fused-ring (bicyclic) bond motifs is 1. The fraction of sp³-hybridized carbons (Fsp3) is 0.308. The highest BCUT2D eigenvalue weighted by Gasteiger charge is 2.26. The molecule has 94 valence electrons. The SMILES string of the molecule is CCOC(=O)c1ccc2c(n1)C=C(Cl)C(=O)C2C. The molecule has 1 aromatic heterocycles. The average Bonchev–Trinajstić information content (AvgIpc) is 2.36. The van der Waals surface area contributed by atoms with Crippen LogP contribution in [0.1, 0.15) is 41.5 Å². The Morgan fingerprint density at radius 2 is 2.22 bits per heavy atom. The third-order valence-corrected chi connectivity index (χ3v) is 3.10. The largest absolute Gasteiger partial charge is 0.461 e. The molecular formula is C13H12ClNO3. The summed E-state index contributed by atoms with van der Waals surface area (Å²) in [6, 6.07) is 3.28. The number of carbonyl (C=O) groups excluding carboxylic acids is 2. The number of aromatic nitrogens is 1. The molecule has 1 aliphatic rings. The highest BCUT2D eigenvalue weighted by molar-refractivity contribution is 6.45. The second kappa shape index (κ2) is 4.90. The number of esters is 1. The van der Waals surface area contributed by atoms with Crippen LogP contribution in [0.2, 0.25) is 0 Å². The maximum atomic E-state index is 11.7. The lowest BCUT2D eigenvalue weighted by Crippen LogP contribution is -2.17. The van der Waals surface area contributed by atoms with Gasteiger partial charge in [-0.2, -0.15) is 0 Å². The average molecular weight is 266 g/mol. The second-order valence-corrected chi connectivity index (χ2v) is 4.38. The second-order valence-electron chi connectivity index (χ2n) is 3.97. The van der Waals surface area contributed by atoms with Crippen LogP contribution in [0.4, 0.5) is 0 Å². The predicted octanol–water partition coefficient (Wildman–Crippen LogP) is 2.52. The molecule has 2 rings (SSSR count).